The van der Waals surface area contributed by atoms with Crippen LogP contribution in [0.4, 0.5) is 17.6 Å². The Kier molecular flexibility index (Phi) is 5.75. The highest BCUT2D eigenvalue weighted by molar-refractivity contribution is 7.89. The number of carbonyl (C=O) groups excluding carboxylic acids is 1. The molecular weight excluding hydrogens is 340 g/mol. The maximum Gasteiger partial charge on any atom is 0.419 e. The number of benzene rings is 1. The Balaban J connectivity index is 3.26. The van der Waals surface area contributed by atoms with Gasteiger partial charge in [-0.1, -0.05) is 20.3 Å². The number of halogens is 4. The molecule has 0 fully saturated rings. The molecule has 0 aromatic heterocycles. The predicted molar refractivity (Wildman–Crippen MR) is 74.2 cm³/mol. The predicted octanol–water partition coefficient (Wildman–Crippen LogP) is 2.02. The molecule has 0 spiro atoms. The number of sulfonamides is 1. The van der Waals surface area contributed by atoms with Crippen molar-refractivity contribution in [2.75, 3.05) is 0 Å². The van der Waals surface area contributed by atoms with Crippen LogP contribution < -0.4 is 10.5 Å². The fraction of sp³-hybridized carbons (Fsp3) is 0.462. The molecule has 2 atom stereocenters. The Hall–Kier alpha value is -1.68. The van der Waals surface area contributed by atoms with Gasteiger partial charge in [-0.25, -0.2) is 12.8 Å². The average Bonchev–Trinajstić information content (AvgIpc) is 2.42. The van der Waals surface area contributed by atoms with E-state index in [0.29, 0.717) is 18.6 Å². The standard InChI is InChI=1S/C13H16F4N2O3S/c1-3-7(2)11(12(18)20)19-23(21,22)8-4-5-10(14)9(6-8)13(15,16)17/h4-7,11,19H,3H2,1-2H3,(H2,18,20). The van der Waals surface area contributed by atoms with E-state index in [-0.39, 0.29) is 6.07 Å². The molecule has 130 valence electrons. The number of hydrogen-bond acceptors (Lipinski definition) is 3. The second kappa shape index (κ2) is 6.83. The van der Waals surface area contributed by atoms with E-state index in [2.05, 4.69) is 0 Å². The van der Waals surface area contributed by atoms with Crippen LogP contribution in [-0.4, -0.2) is 20.4 Å². The quantitative estimate of drug-likeness (QED) is 0.764. The maximum atomic E-state index is 13.2. The lowest BCUT2D eigenvalue weighted by Crippen LogP contribution is -2.48. The van der Waals surface area contributed by atoms with Gasteiger partial charge in [0.15, 0.2) is 0 Å². The van der Waals surface area contributed by atoms with E-state index in [1.54, 1.807) is 13.8 Å². The molecule has 0 aliphatic heterocycles. The van der Waals surface area contributed by atoms with Gasteiger partial charge in [-0.15, -0.1) is 0 Å². The van der Waals surface area contributed by atoms with Gasteiger partial charge in [0.25, 0.3) is 0 Å². The Morgan fingerprint density at radius 2 is 1.91 bits per heavy atom. The SMILES string of the molecule is CCC(C)C(NS(=O)(=O)c1ccc(F)c(C(F)(F)F)c1)C(N)=O. The molecule has 3 N–H and O–H groups in total. The first-order valence-corrected chi connectivity index (χ1v) is 8.06. The first-order chi connectivity index (χ1) is 10.4. The Bertz CT molecular complexity index is 689. The van der Waals surface area contributed by atoms with Crippen molar-refractivity contribution >= 4 is 15.9 Å². The van der Waals surface area contributed by atoms with Gasteiger partial charge < -0.3 is 5.73 Å². The zero-order valence-electron chi connectivity index (χ0n) is 12.3. The van der Waals surface area contributed by atoms with Gasteiger partial charge in [0.05, 0.1) is 10.5 Å². The minimum atomic E-state index is -5.05. The molecule has 10 heteroatoms. The van der Waals surface area contributed by atoms with Gasteiger partial charge in [-0.3, -0.25) is 4.79 Å². The van der Waals surface area contributed by atoms with Crippen LogP contribution in [0.1, 0.15) is 25.8 Å². The minimum Gasteiger partial charge on any atom is -0.368 e. The molecule has 0 radical (unpaired) electrons. The molecule has 0 aliphatic carbocycles. The van der Waals surface area contributed by atoms with Gasteiger partial charge in [0, 0.05) is 0 Å². The zero-order chi connectivity index (χ0) is 18.0. The molecule has 23 heavy (non-hydrogen) atoms. The first-order valence-electron chi connectivity index (χ1n) is 6.58. The lowest BCUT2D eigenvalue weighted by Gasteiger charge is -2.21. The summed E-state index contributed by atoms with van der Waals surface area (Å²) >= 11 is 0. The smallest absolute Gasteiger partial charge is 0.368 e. The molecule has 0 saturated carbocycles. The molecule has 2 unspecified atom stereocenters. The summed E-state index contributed by atoms with van der Waals surface area (Å²) in [6, 6.07) is -0.0298. The molecule has 1 rings (SSSR count). The van der Waals surface area contributed by atoms with Crippen molar-refractivity contribution in [3.63, 3.8) is 0 Å². The number of amides is 1. The van der Waals surface area contributed by atoms with Crippen molar-refractivity contribution in [3.05, 3.63) is 29.6 Å². The monoisotopic (exact) mass is 356 g/mol. The van der Waals surface area contributed by atoms with Crippen LogP contribution in [0.2, 0.25) is 0 Å². The van der Waals surface area contributed by atoms with E-state index >= 15 is 0 Å². The fourth-order valence-electron chi connectivity index (χ4n) is 1.81. The van der Waals surface area contributed by atoms with Crippen molar-refractivity contribution in [1.82, 2.24) is 4.72 Å². The summed E-state index contributed by atoms with van der Waals surface area (Å²) in [5, 5.41) is 0. The van der Waals surface area contributed by atoms with E-state index in [0.717, 1.165) is 0 Å². The van der Waals surface area contributed by atoms with E-state index in [4.69, 9.17) is 5.73 Å². The minimum absolute atomic E-state index is 0.173. The highest BCUT2D eigenvalue weighted by Crippen LogP contribution is 2.32. The second-order valence-corrected chi connectivity index (χ2v) is 6.74. The maximum absolute atomic E-state index is 13.2. The molecule has 1 aromatic carbocycles. The molecular formula is C13H16F4N2O3S. The third-order valence-electron chi connectivity index (χ3n) is 3.36. The van der Waals surface area contributed by atoms with Gasteiger partial charge in [-0.2, -0.15) is 17.9 Å². The summed E-state index contributed by atoms with van der Waals surface area (Å²) in [6.45, 7) is 3.25. The van der Waals surface area contributed by atoms with Gasteiger partial charge in [-0.05, 0) is 24.1 Å². The highest BCUT2D eigenvalue weighted by Gasteiger charge is 2.36. The summed E-state index contributed by atoms with van der Waals surface area (Å²) in [4.78, 5) is 10.5. The zero-order valence-corrected chi connectivity index (χ0v) is 13.1. The van der Waals surface area contributed by atoms with E-state index in [1.807, 2.05) is 4.72 Å². The van der Waals surface area contributed by atoms with Gasteiger partial charge in [0.1, 0.15) is 11.9 Å². The van der Waals surface area contributed by atoms with Gasteiger partial charge >= 0.3 is 6.18 Å². The third-order valence-corrected chi connectivity index (χ3v) is 4.79. The number of carbonyl (C=O) groups is 1. The number of primary amides is 1. The van der Waals surface area contributed by atoms with E-state index in [1.165, 1.54) is 0 Å². The molecule has 1 aromatic rings. The van der Waals surface area contributed by atoms with E-state index in [9.17, 15) is 30.8 Å². The van der Waals surface area contributed by atoms with E-state index < -0.39 is 50.3 Å². The Morgan fingerprint density at radius 3 is 2.35 bits per heavy atom. The molecule has 0 bridgehead atoms. The third kappa shape index (κ3) is 4.64. The fourth-order valence-corrected chi connectivity index (χ4v) is 3.15. The average molecular weight is 356 g/mol. The number of rotatable bonds is 6. The number of hydrogen-bond donors (Lipinski definition) is 2. The summed E-state index contributed by atoms with van der Waals surface area (Å²) in [5.74, 6) is -3.02. The molecule has 0 saturated heterocycles. The molecule has 0 heterocycles. The number of alkyl halides is 3. The summed E-state index contributed by atoms with van der Waals surface area (Å²) in [5.41, 5.74) is 3.41. The Labute approximate surface area is 130 Å². The molecule has 0 aliphatic rings. The van der Waals surface area contributed by atoms with Crippen LogP contribution in [0.15, 0.2) is 23.1 Å². The van der Waals surface area contributed by atoms with Crippen molar-refractivity contribution < 1.29 is 30.8 Å². The van der Waals surface area contributed by atoms with Crippen molar-refractivity contribution in [3.8, 4) is 0 Å². The number of nitrogens with two attached hydrogens (primary N) is 1. The van der Waals surface area contributed by atoms with Crippen LogP contribution in [-0.2, 0) is 21.0 Å². The van der Waals surface area contributed by atoms with Crippen LogP contribution >= 0.6 is 0 Å². The summed E-state index contributed by atoms with van der Waals surface area (Å²) in [7, 11) is -4.48. The van der Waals surface area contributed by atoms with Crippen LogP contribution in [0.25, 0.3) is 0 Å². The van der Waals surface area contributed by atoms with Crippen LogP contribution in [0.5, 0.6) is 0 Å². The molecule has 1 amide bonds. The second-order valence-electron chi connectivity index (χ2n) is 5.03. The van der Waals surface area contributed by atoms with Crippen LogP contribution in [0.3, 0.4) is 0 Å². The first kappa shape index (κ1) is 19.4. The van der Waals surface area contributed by atoms with Crippen molar-refractivity contribution in [2.45, 2.75) is 37.4 Å². The number of nitrogens with one attached hydrogen (secondary N) is 1. The summed E-state index contributed by atoms with van der Waals surface area (Å²) in [6.07, 6.45) is -4.64. The normalized spacial score (nSPS) is 15.2. The van der Waals surface area contributed by atoms with Crippen LogP contribution in [0, 0.1) is 11.7 Å². The van der Waals surface area contributed by atoms with Crippen molar-refractivity contribution in [2.24, 2.45) is 11.7 Å². The summed E-state index contributed by atoms with van der Waals surface area (Å²) < 4.78 is 77.5. The van der Waals surface area contributed by atoms with Gasteiger partial charge in [0.2, 0.25) is 15.9 Å². The largest absolute Gasteiger partial charge is 0.419 e. The lowest BCUT2D eigenvalue weighted by atomic mass is 10.00. The highest BCUT2D eigenvalue weighted by atomic mass is 32.2. The van der Waals surface area contributed by atoms with Crippen molar-refractivity contribution in [1.29, 1.82) is 0 Å². The topological polar surface area (TPSA) is 89.3 Å². The Morgan fingerprint density at radius 1 is 1.35 bits per heavy atom. The molecule has 5 nitrogen and oxygen atoms in total. The lowest BCUT2D eigenvalue weighted by molar-refractivity contribution is -0.140.